The number of aryl methyl sites for hydroxylation is 2. The number of amides is 3. The molecule has 4 aliphatic heterocycles. The van der Waals surface area contributed by atoms with Gasteiger partial charge in [0.1, 0.15) is 17.4 Å². The van der Waals surface area contributed by atoms with Gasteiger partial charge < -0.3 is 29.3 Å². The van der Waals surface area contributed by atoms with Crippen LogP contribution in [-0.2, 0) is 19.1 Å². The molecular weight excluding hydrogens is 558 g/mol. The number of aliphatic hydroxyl groups is 1. The molecule has 1 N–H and O–H groups in total. The summed E-state index contributed by atoms with van der Waals surface area (Å²) in [5.74, 6) is -2.08. The van der Waals surface area contributed by atoms with Gasteiger partial charge in [-0.1, -0.05) is 56.4 Å². The van der Waals surface area contributed by atoms with E-state index in [1.807, 2.05) is 101 Å². The number of para-hydroxylation sites is 1. The second-order valence-electron chi connectivity index (χ2n) is 12.5. The van der Waals surface area contributed by atoms with E-state index in [4.69, 9.17) is 9.47 Å². The first-order valence-electron chi connectivity index (χ1n) is 15.5. The molecule has 3 amide bonds. The summed E-state index contributed by atoms with van der Waals surface area (Å²) in [6.45, 7) is 10.5. The molecule has 0 bridgehead atoms. The van der Waals surface area contributed by atoms with Gasteiger partial charge in [-0.25, -0.2) is 0 Å². The van der Waals surface area contributed by atoms with Crippen molar-refractivity contribution in [2.45, 2.75) is 58.4 Å². The van der Waals surface area contributed by atoms with Gasteiger partial charge in [-0.3, -0.25) is 14.4 Å². The molecule has 9 nitrogen and oxygen atoms in total. The Morgan fingerprint density at radius 2 is 1.64 bits per heavy atom. The molecule has 0 aliphatic carbocycles. The van der Waals surface area contributed by atoms with Gasteiger partial charge in [-0.15, -0.1) is 0 Å². The lowest BCUT2D eigenvalue weighted by Crippen LogP contribution is -2.59. The molecule has 44 heavy (non-hydrogen) atoms. The second-order valence-corrected chi connectivity index (χ2v) is 12.5. The van der Waals surface area contributed by atoms with Crippen molar-refractivity contribution >= 4 is 29.1 Å². The molecular formula is C35H41N3O6. The number of likely N-dealkylation sites (tertiary alicyclic amines) is 1. The fourth-order valence-corrected chi connectivity index (χ4v) is 7.61. The maximum atomic E-state index is 14.8. The van der Waals surface area contributed by atoms with Crippen molar-refractivity contribution in [2.24, 2.45) is 17.8 Å². The zero-order valence-electron chi connectivity index (χ0n) is 26.0. The molecule has 1 spiro atoms. The predicted molar refractivity (Wildman–Crippen MR) is 167 cm³/mol. The highest BCUT2D eigenvalue weighted by atomic mass is 16.5. The lowest BCUT2D eigenvalue weighted by molar-refractivity contribution is -0.145. The van der Waals surface area contributed by atoms with E-state index >= 15 is 0 Å². The number of ether oxygens (including phenoxy) is 2. The zero-order valence-corrected chi connectivity index (χ0v) is 26.0. The summed E-state index contributed by atoms with van der Waals surface area (Å²) in [5, 5.41) is 10.6. The van der Waals surface area contributed by atoms with E-state index in [-0.39, 0.29) is 30.2 Å². The predicted octanol–water partition coefficient (Wildman–Crippen LogP) is 3.81. The van der Waals surface area contributed by atoms with Crippen LogP contribution in [0, 0.1) is 31.6 Å². The van der Waals surface area contributed by atoms with Crippen LogP contribution >= 0.6 is 0 Å². The first-order chi connectivity index (χ1) is 21.1. The maximum Gasteiger partial charge on any atom is 0.253 e. The van der Waals surface area contributed by atoms with Crippen molar-refractivity contribution in [3.8, 4) is 5.75 Å². The summed E-state index contributed by atoms with van der Waals surface area (Å²) in [5.41, 5.74) is 2.00. The van der Waals surface area contributed by atoms with Crippen LogP contribution in [0.2, 0.25) is 0 Å². The van der Waals surface area contributed by atoms with Gasteiger partial charge in [-0.05, 0) is 62.1 Å². The molecule has 4 heterocycles. The van der Waals surface area contributed by atoms with Gasteiger partial charge in [0.05, 0.1) is 37.2 Å². The average Bonchev–Trinajstić information content (AvgIpc) is 3.30. The molecule has 0 aromatic heterocycles. The SMILES string of the molecule is CCOc1ccc(N2CC=C[C@@H]3O[C@]45C=CCN(c6c(C)cccc6C)C(=O)C4N([C@@H](CO)C(C)C)C(=O)[C@@H]5[C@@H]3C2=O)cc1. The molecule has 2 fully saturated rings. The number of aliphatic hydroxyl groups excluding tert-OH is 1. The van der Waals surface area contributed by atoms with Crippen LogP contribution < -0.4 is 14.5 Å². The van der Waals surface area contributed by atoms with Crippen LogP contribution in [-0.4, -0.2) is 77.8 Å². The maximum absolute atomic E-state index is 14.8. The third kappa shape index (κ3) is 4.56. The summed E-state index contributed by atoms with van der Waals surface area (Å²) in [6, 6.07) is 11.5. The van der Waals surface area contributed by atoms with Gasteiger partial charge >= 0.3 is 0 Å². The smallest absolute Gasteiger partial charge is 0.253 e. The molecule has 0 radical (unpaired) electrons. The van der Waals surface area contributed by atoms with E-state index in [1.165, 1.54) is 4.90 Å². The van der Waals surface area contributed by atoms with E-state index < -0.39 is 35.6 Å². The Morgan fingerprint density at radius 1 is 0.955 bits per heavy atom. The van der Waals surface area contributed by atoms with Crippen LogP contribution in [0.5, 0.6) is 5.75 Å². The Labute approximate surface area is 258 Å². The van der Waals surface area contributed by atoms with Crippen LogP contribution in [0.15, 0.2) is 66.8 Å². The van der Waals surface area contributed by atoms with Crippen LogP contribution in [0.25, 0.3) is 0 Å². The van der Waals surface area contributed by atoms with Crippen molar-refractivity contribution in [3.05, 3.63) is 77.9 Å². The molecule has 0 saturated carbocycles. The number of hydrogen-bond donors (Lipinski definition) is 1. The van der Waals surface area contributed by atoms with E-state index in [1.54, 1.807) is 9.80 Å². The highest BCUT2D eigenvalue weighted by molar-refractivity contribution is 6.08. The fourth-order valence-electron chi connectivity index (χ4n) is 7.61. The average molecular weight is 600 g/mol. The number of carbonyl (C=O) groups excluding carboxylic acids is 3. The minimum Gasteiger partial charge on any atom is -0.494 e. The third-order valence-electron chi connectivity index (χ3n) is 9.58. The number of nitrogens with zero attached hydrogens (tertiary/aromatic N) is 3. The first-order valence-corrected chi connectivity index (χ1v) is 15.5. The standard InChI is InChI=1S/C35H41N3O6/c1-6-43-25-15-13-24(14-16-25)36-18-8-12-27-28(32(36)40)29-33(41)38(26(20-39)21(2)3)31-34(42)37(19-9-17-35(29,31)44-27)30-22(4)10-7-11-23(30)5/h7-17,21,26-29,31,39H,6,18-20H2,1-5H3/t26-,27-,28+,29-,31?,35-/m0/s1. The molecule has 232 valence electrons. The van der Waals surface area contributed by atoms with Crippen LogP contribution in [0.3, 0.4) is 0 Å². The lowest BCUT2D eigenvalue weighted by atomic mass is 9.77. The van der Waals surface area contributed by atoms with Crippen molar-refractivity contribution < 1.29 is 29.0 Å². The summed E-state index contributed by atoms with van der Waals surface area (Å²) in [7, 11) is 0. The molecule has 2 aromatic rings. The highest BCUT2D eigenvalue weighted by Gasteiger charge is 2.72. The topological polar surface area (TPSA) is 99.6 Å². The second kappa shape index (κ2) is 11.5. The number of anilines is 2. The number of carbonyl (C=O) groups is 3. The van der Waals surface area contributed by atoms with E-state index in [2.05, 4.69) is 0 Å². The molecule has 2 saturated heterocycles. The fraction of sp³-hybridized carbons (Fsp3) is 0.457. The monoisotopic (exact) mass is 599 g/mol. The normalized spacial score (nSPS) is 28.6. The van der Waals surface area contributed by atoms with E-state index in [0.717, 1.165) is 16.8 Å². The number of hydrogen-bond acceptors (Lipinski definition) is 6. The Morgan fingerprint density at radius 3 is 2.27 bits per heavy atom. The minimum atomic E-state index is -1.38. The van der Waals surface area contributed by atoms with Crippen molar-refractivity contribution in [1.29, 1.82) is 0 Å². The van der Waals surface area contributed by atoms with Crippen molar-refractivity contribution in [2.75, 3.05) is 36.1 Å². The summed E-state index contributed by atoms with van der Waals surface area (Å²) < 4.78 is 12.4. The van der Waals surface area contributed by atoms with Crippen molar-refractivity contribution in [3.63, 3.8) is 0 Å². The van der Waals surface area contributed by atoms with Gasteiger partial charge in [-0.2, -0.15) is 0 Å². The molecule has 4 aliphatic rings. The largest absolute Gasteiger partial charge is 0.494 e. The Kier molecular flexibility index (Phi) is 7.88. The number of benzene rings is 2. The van der Waals surface area contributed by atoms with Gasteiger partial charge in [0.2, 0.25) is 11.8 Å². The number of fused-ring (bicyclic) bond motifs is 2. The summed E-state index contributed by atoms with van der Waals surface area (Å²) in [4.78, 5) is 48.9. The van der Waals surface area contributed by atoms with Gasteiger partial charge in [0, 0.05) is 24.5 Å². The van der Waals surface area contributed by atoms with Crippen LogP contribution in [0.1, 0.15) is 31.9 Å². The highest BCUT2D eigenvalue weighted by Crippen LogP contribution is 2.54. The van der Waals surface area contributed by atoms with Gasteiger partial charge in [0.15, 0.2) is 0 Å². The Balaban J connectivity index is 1.46. The molecule has 1 unspecified atom stereocenters. The van der Waals surface area contributed by atoms with Crippen LogP contribution in [0.4, 0.5) is 11.4 Å². The zero-order chi connectivity index (χ0) is 31.3. The molecule has 2 aromatic carbocycles. The van der Waals surface area contributed by atoms with Crippen molar-refractivity contribution in [1.82, 2.24) is 4.90 Å². The Bertz CT molecular complexity index is 1500. The van der Waals surface area contributed by atoms with Gasteiger partial charge in [0.25, 0.3) is 5.91 Å². The number of rotatable bonds is 7. The van der Waals surface area contributed by atoms with E-state index in [0.29, 0.717) is 31.1 Å². The Hall–Kier alpha value is -3.95. The summed E-state index contributed by atoms with van der Waals surface area (Å²) >= 11 is 0. The lowest BCUT2D eigenvalue weighted by Gasteiger charge is -2.40. The first kappa shape index (κ1) is 30.1. The molecule has 6 rings (SSSR count). The minimum absolute atomic E-state index is 0.144. The molecule has 6 atom stereocenters. The van der Waals surface area contributed by atoms with E-state index in [9.17, 15) is 19.5 Å². The third-order valence-corrected chi connectivity index (χ3v) is 9.58. The summed E-state index contributed by atoms with van der Waals surface area (Å²) in [6.07, 6.45) is 6.80. The molecule has 9 heteroatoms. The quantitative estimate of drug-likeness (QED) is 0.486.